The summed E-state index contributed by atoms with van der Waals surface area (Å²) in [5.74, 6) is 3.93. The van der Waals surface area contributed by atoms with E-state index < -0.39 is 0 Å². The lowest BCUT2D eigenvalue weighted by Crippen LogP contribution is -1.97. The highest BCUT2D eigenvalue weighted by Gasteiger charge is 2.10. The van der Waals surface area contributed by atoms with E-state index in [9.17, 15) is 4.39 Å². The van der Waals surface area contributed by atoms with Gasteiger partial charge in [0.25, 0.3) is 5.22 Å². The minimum absolute atomic E-state index is 0.308. The Morgan fingerprint density at radius 2 is 2.00 bits per heavy atom. The molecule has 3 rings (SSSR count). The summed E-state index contributed by atoms with van der Waals surface area (Å²) < 4.78 is 24.1. The van der Waals surface area contributed by atoms with Gasteiger partial charge < -0.3 is 9.15 Å². The Bertz CT molecular complexity index is 873. The van der Waals surface area contributed by atoms with Crippen molar-refractivity contribution in [3.63, 3.8) is 0 Å². The number of halogens is 1. The normalized spacial score (nSPS) is 10.5. The average Bonchev–Trinajstić information content (AvgIpc) is 3.14. The molecule has 0 atom stereocenters. The SMILES string of the molecule is C#CCCCOc1ccc(CSc2nnc(-c3ccc(F)cc3)o2)nc1. The summed E-state index contributed by atoms with van der Waals surface area (Å²) in [4.78, 5) is 4.35. The molecule has 3 aromatic rings. The van der Waals surface area contributed by atoms with Crippen molar-refractivity contribution < 1.29 is 13.5 Å². The van der Waals surface area contributed by atoms with Crippen molar-refractivity contribution in [2.24, 2.45) is 0 Å². The number of rotatable bonds is 8. The molecule has 0 unspecified atom stereocenters. The van der Waals surface area contributed by atoms with E-state index in [-0.39, 0.29) is 5.82 Å². The molecular weight excluding hydrogens is 353 g/mol. The fourth-order valence-electron chi connectivity index (χ4n) is 2.06. The summed E-state index contributed by atoms with van der Waals surface area (Å²) >= 11 is 1.38. The Morgan fingerprint density at radius 1 is 1.15 bits per heavy atom. The van der Waals surface area contributed by atoms with Crippen molar-refractivity contribution in [1.82, 2.24) is 15.2 Å². The van der Waals surface area contributed by atoms with Crippen molar-refractivity contribution in [3.05, 3.63) is 54.1 Å². The summed E-state index contributed by atoms with van der Waals surface area (Å²) in [6.07, 6.45) is 8.40. The number of terminal acetylenes is 1. The van der Waals surface area contributed by atoms with Gasteiger partial charge in [0, 0.05) is 17.7 Å². The van der Waals surface area contributed by atoms with Crippen LogP contribution in [0.15, 0.2) is 52.2 Å². The monoisotopic (exact) mass is 369 g/mol. The van der Waals surface area contributed by atoms with Crippen molar-refractivity contribution >= 4 is 11.8 Å². The van der Waals surface area contributed by atoms with Gasteiger partial charge in [-0.2, -0.15) is 0 Å². The molecule has 0 N–H and O–H groups in total. The minimum atomic E-state index is -0.308. The van der Waals surface area contributed by atoms with Crippen LogP contribution in [0.1, 0.15) is 18.5 Å². The van der Waals surface area contributed by atoms with E-state index in [2.05, 4.69) is 21.1 Å². The minimum Gasteiger partial charge on any atom is -0.492 e. The van der Waals surface area contributed by atoms with Gasteiger partial charge in [0.1, 0.15) is 11.6 Å². The summed E-state index contributed by atoms with van der Waals surface area (Å²) in [7, 11) is 0. The van der Waals surface area contributed by atoms with Gasteiger partial charge in [0.05, 0.1) is 18.5 Å². The predicted molar refractivity (Wildman–Crippen MR) is 97.1 cm³/mol. The molecule has 0 radical (unpaired) electrons. The molecule has 1 aromatic carbocycles. The molecule has 0 fully saturated rings. The molecule has 7 heteroatoms. The molecule has 26 heavy (non-hydrogen) atoms. The van der Waals surface area contributed by atoms with Crippen LogP contribution in [0.4, 0.5) is 4.39 Å². The van der Waals surface area contributed by atoms with E-state index in [1.54, 1.807) is 18.3 Å². The van der Waals surface area contributed by atoms with E-state index in [0.717, 1.165) is 12.1 Å². The van der Waals surface area contributed by atoms with Crippen LogP contribution in [0.25, 0.3) is 11.5 Å². The second kappa shape index (κ2) is 9.02. The summed E-state index contributed by atoms with van der Waals surface area (Å²) in [6, 6.07) is 9.67. The van der Waals surface area contributed by atoms with E-state index >= 15 is 0 Å². The van der Waals surface area contributed by atoms with Gasteiger partial charge in [0.15, 0.2) is 0 Å². The molecule has 0 saturated heterocycles. The van der Waals surface area contributed by atoms with Crippen LogP contribution in [0, 0.1) is 18.2 Å². The Morgan fingerprint density at radius 3 is 2.73 bits per heavy atom. The molecule has 0 amide bonds. The van der Waals surface area contributed by atoms with Gasteiger partial charge in [0.2, 0.25) is 5.89 Å². The van der Waals surface area contributed by atoms with Crippen LogP contribution >= 0.6 is 11.8 Å². The van der Waals surface area contributed by atoms with Gasteiger partial charge >= 0.3 is 0 Å². The van der Waals surface area contributed by atoms with Gasteiger partial charge in [-0.3, -0.25) is 4.98 Å². The van der Waals surface area contributed by atoms with E-state index in [0.29, 0.717) is 41.2 Å². The maximum Gasteiger partial charge on any atom is 0.277 e. The summed E-state index contributed by atoms with van der Waals surface area (Å²) in [5, 5.41) is 8.40. The number of pyridine rings is 1. The molecule has 2 aromatic heterocycles. The van der Waals surface area contributed by atoms with Crippen molar-refractivity contribution in [2.45, 2.75) is 23.8 Å². The molecule has 0 aliphatic heterocycles. The zero-order valence-corrected chi connectivity index (χ0v) is 14.7. The first-order valence-corrected chi connectivity index (χ1v) is 8.96. The molecule has 5 nitrogen and oxygen atoms in total. The van der Waals surface area contributed by atoms with Gasteiger partial charge in [-0.05, 0) is 42.8 Å². The Hall–Kier alpha value is -2.85. The Labute approximate surface area is 155 Å². The lowest BCUT2D eigenvalue weighted by atomic mass is 10.2. The third-order valence-electron chi connectivity index (χ3n) is 3.37. The summed E-state index contributed by atoms with van der Waals surface area (Å²) in [5.41, 5.74) is 1.54. The third kappa shape index (κ3) is 5.07. The fraction of sp³-hybridized carbons (Fsp3) is 0.211. The van der Waals surface area contributed by atoms with Crippen LogP contribution in [-0.2, 0) is 5.75 Å². The first-order chi connectivity index (χ1) is 12.7. The second-order valence-electron chi connectivity index (χ2n) is 5.31. The van der Waals surface area contributed by atoms with Crippen molar-refractivity contribution in [1.29, 1.82) is 0 Å². The quantitative estimate of drug-likeness (QED) is 0.334. The first-order valence-electron chi connectivity index (χ1n) is 7.98. The number of benzene rings is 1. The molecule has 0 aliphatic rings. The third-order valence-corrected chi connectivity index (χ3v) is 4.22. The second-order valence-corrected chi connectivity index (χ2v) is 6.24. The highest BCUT2D eigenvalue weighted by atomic mass is 32.2. The Balaban J connectivity index is 1.51. The molecule has 2 heterocycles. The number of ether oxygens (including phenoxy) is 1. The molecular formula is C19H16FN3O2S. The molecule has 0 bridgehead atoms. The largest absolute Gasteiger partial charge is 0.492 e. The van der Waals surface area contributed by atoms with Gasteiger partial charge in [-0.25, -0.2) is 4.39 Å². The number of thioether (sulfide) groups is 1. The smallest absolute Gasteiger partial charge is 0.277 e. The van der Waals surface area contributed by atoms with Crippen LogP contribution < -0.4 is 4.74 Å². The number of unbranched alkanes of at least 4 members (excludes halogenated alkanes) is 1. The highest BCUT2D eigenvalue weighted by molar-refractivity contribution is 7.98. The van der Waals surface area contributed by atoms with E-state index in [1.165, 1.54) is 23.9 Å². The fourth-order valence-corrected chi connectivity index (χ4v) is 2.74. The molecule has 0 saturated carbocycles. The zero-order valence-electron chi connectivity index (χ0n) is 13.9. The topological polar surface area (TPSA) is 61.0 Å². The lowest BCUT2D eigenvalue weighted by molar-refractivity contribution is 0.311. The van der Waals surface area contributed by atoms with Crippen LogP contribution in [-0.4, -0.2) is 21.8 Å². The highest BCUT2D eigenvalue weighted by Crippen LogP contribution is 2.25. The predicted octanol–water partition coefficient (Wildman–Crippen LogP) is 4.36. The molecule has 0 aliphatic carbocycles. The van der Waals surface area contributed by atoms with Gasteiger partial charge in [-0.1, -0.05) is 11.8 Å². The van der Waals surface area contributed by atoms with Crippen LogP contribution in [0.3, 0.4) is 0 Å². The molecule has 132 valence electrons. The average molecular weight is 369 g/mol. The maximum absolute atomic E-state index is 13.0. The number of aromatic nitrogens is 3. The number of hydrogen-bond donors (Lipinski definition) is 0. The van der Waals surface area contributed by atoms with E-state index in [1.807, 2.05) is 12.1 Å². The van der Waals surface area contributed by atoms with Crippen molar-refractivity contribution in [2.75, 3.05) is 6.61 Å². The number of nitrogens with zero attached hydrogens (tertiary/aromatic N) is 3. The Kier molecular flexibility index (Phi) is 6.23. The zero-order chi connectivity index (χ0) is 18.2. The van der Waals surface area contributed by atoms with Crippen LogP contribution in [0.2, 0.25) is 0 Å². The van der Waals surface area contributed by atoms with Gasteiger partial charge in [-0.15, -0.1) is 22.5 Å². The lowest BCUT2D eigenvalue weighted by Gasteiger charge is -2.05. The van der Waals surface area contributed by atoms with E-state index in [4.69, 9.17) is 15.6 Å². The van der Waals surface area contributed by atoms with Crippen molar-refractivity contribution in [3.8, 4) is 29.5 Å². The standard InChI is InChI=1S/C19H16FN3O2S/c1-2-3-4-11-24-17-10-9-16(21-12-17)13-26-19-23-22-18(25-19)14-5-7-15(20)8-6-14/h1,5-10,12H,3-4,11,13H2. The number of hydrogen-bond acceptors (Lipinski definition) is 6. The summed E-state index contributed by atoms with van der Waals surface area (Å²) in [6.45, 7) is 0.578. The van der Waals surface area contributed by atoms with Crippen LogP contribution in [0.5, 0.6) is 5.75 Å². The maximum atomic E-state index is 13.0. The first kappa shape index (κ1) is 18.0. The molecule has 0 spiro atoms.